The van der Waals surface area contributed by atoms with Crippen LogP contribution in [0.1, 0.15) is 6.85 Å². The van der Waals surface area contributed by atoms with E-state index in [2.05, 4.69) is 97.1 Å². The highest BCUT2D eigenvalue weighted by Gasteiger charge is 2.19. The zero-order valence-corrected chi connectivity index (χ0v) is 25.2. The van der Waals surface area contributed by atoms with Crippen molar-refractivity contribution in [3.8, 4) is 33.4 Å². The monoisotopic (exact) mass is 601 g/mol. The van der Waals surface area contributed by atoms with E-state index in [1.54, 1.807) is 0 Å². The van der Waals surface area contributed by atoms with E-state index in [9.17, 15) is 0 Å². The second kappa shape index (κ2) is 10.2. The maximum absolute atomic E-state index is 8.87. The summed E-state index contributed by atoms with van der Waals surface area (Å²) in [5.74, 6) is 0. The second-order valence-corrected chi connectivity index (χ2v) is 12.1. The minimum Gasteiger partial charge on any atom is -0.455 e. The Morgan fingerprint density at radius 2 is 0.979 bits per heavy atom. The Bertz CT molecular complexity index is 3050. The molecule has 0 N–H and O–H groups in total. The summed E-state index contributed by atoms with van der Waals surface area (Å²) in [6.45, 7) is 0. The van der Waals surface area contributed by atoms with Gasteiger partial charge in [-0.15, -0.1) is 0 Å². The van der Waals surface area contributed by atoms with Crippen LogP contribution in [0.3, 0.4) is 0 Å². The lowest BCUT2D eigenvalue weighted by atomic mass is 9.84. The van der Waals surface area contributed by atoms with E-state index in [-0.39, 0.29) is 29.7 Å². The highest BCUT2D eigenvalue weighted by Crippen LogP contribution is 2.46. The van der Waals surface area contributed by atoms with E-state index >= 15 is 0 Å². The summed E-state index contributed by atoms with van der Waals surface area (Å²) in [6, 6.07) is 46.5. The van der Waals surface area contributed by atoms with Crippen molar-refractivity contribution in [1.29, 1.82) is 0 Å². The average Bonchev–Trinajstić information content (AvgIpc) is 3.57. The number of fused-ring (bicyclic) bond motifs is 8. The summed E-state index contributed by atoms with van der Waals surface area (Å²) >= 11 is 0. The van der Waals surface area contributed by atoms with Crippen molar-refractivity contribution in [1.82, 2.24) is 0 Å². The summed E-state index contributed by atoms with van der Waals surface area (Å²) in [4.78, 5) is 0. The average molecular weight is 602 g/mol. The number of rotatable bonds is 3. The fourth-order valence-electron chi connectivity index (χ4n) is 7.46. The first kappa shape index (κ1) is 21.5. The van der Waals surface area contributed by atoms with Crippen LogP contribution in [-0.4, -0.2) is 0 Å². The quantitative estimate of drug-likeness (QED) is 0.184. The molecule has 1 nitrogen and oxygen atoms in total. The molecule has 1 heteroatoms. The van der Waals surface area contributed by atoms with Gasteiger partial charge < -0.3 is 4.42 Å². The molecule has 0 bridgehead atoms. The van der Waals surface area contributed by atoms with Gasteiger partial charge in [0.15, 0.2) is 0 Å². The molecule has 0 atom stereocenters. The third-order valence-corrected chi connectivity index (χ3v) is 9.50. The summed E-state index contributed by atoms with van der Waals surface area (Å²) in [5.41, 5.74) is 6.67. The molecule has 0 saturated heterocycles. The Labute approximate surface area is 279 Å². The largest absolute Gasteiger partial charge is 0.455 e. The number of hydrogen-bond acceptors (Lipinski definition) is 1. The molecule has 0 amide bonds. The zero-order chi connectivity index (χ0) is 35.2. The van der Waals surface area contributed by atoms with Crippen molar-refractivity contribution in [2.75, 3.05) is 0 Å². The van der Waals surface area contributed by atoms with E-state index in [0.717, 1.165) is 87.3 Å². The molecule has 47 heavy (non-hydrogen) atoms. The van der Waals surface area contributed by atoms with E-state index in [0.29, 0.717) is 5.56 Å². The number of furan rings is 1. The van der Waals surface area contributed by atoms with Crippen molar-refractivity contribution < 1.29 is 11.3 Å². The molecule has 1 heterocycles. The molecule has 0 radical (unpaired) electrons. The van der Waals surface area contributed by atoms with Gasteiger partial charge in [-0.05, 0) is 101 Å². The lowest BCUT2D eigenvalue weighted by Gasteiger charge is -2.19. The standard InChI is InChI=1S/C46H28O/c1-2-12-29(13-3-1)41-28-33(26-31-15-5-6-16-34(31)41)45-38-20-10-8-18-36(38)44(37-19-9-11-21-39(37)45)32-23-25-43-42(27-32)40-24-22-30-14-4-7-17-35(30)46(40)47-43/h1-28H/i1D,2D,3D,12D,13D. The zero-order valence-electron chi connectivity index (χ0n) is 30.2. The normalized spacial score (nSPS) is 13.3. The van der Waals surface area contributed by atoms with Gasteiger partial charge in [-0.1, -0.05) is 139 Å². The van der Waals surface area contributed by atoms with Gasteiger partial charge in [0.25, 0.3) is 0 Å². The van der Waals surface area contributed by atoms with Gasteiger partial charge in [0, 0.05) is 16.2 Å². The molecular weight excluding hydrogens is 569 g/mol. The maximum Gasteiger partial charge on any atom is 0.143 e. The Balaban J connectivity index is 1.28. The van der Waals surface area contributed by atoms with Crippen LogP contribution < -0.4 is 0 Å². The fraction of sp³-hybridized carbons (Fsp3) is 0. The lowest BCUT2D eigenvalue weighted by molar-refractivity contribution is 0.672. The topological polar surface area (TPSA) is 13.1 Å². The first-order valence-electron chi connectivity index (χ1n) is 18.3. The van der Waals surface area contributed by atoms with Gasteiger partial charge in [0.05, 0.1) is 6.85 Å². The molecule has 0 aliphatic heterocycles. The second-order valence-electron chi connectivity index (χ2n) is 12.1. The predicted molar refractivity (Wildman–Crippen MR) is 200 cm³/mol. The SMILES string of the molecule is [2H]c1c([2H])c([2H])c(-c2cc(-c3c4ccccc4c(-c4ccc5oc6c7ccccc7ccc6c5c4)c4ccccc34)cc3ccccc23)c([2H])c1[2H]. The minimum absolute atomic E-state index is 0.197. The first-order chi connectivity index (χ1) is 25.4. The predicted octanol–water partition coefficient (Wildman–Crippen LogP) is 13.2. The van der Waals surface area contributed by atoms with Crippen LogP contribution in [0.25, 0.3) is 98.4 Å². The van der Waals surface area contributed by atoms with Crippen LogP contribution in [0.2, 0.25) is 0 Å². The van der Waals surface area contributed by atoms with E-state index in [1.807, 2.05) is 42.5 Å². The van der Waals surface area contributed by atoms with Crippen LogP contribution >= 0.6 is 0 Å². The van der Waals surface area contributed by atoms with E-state index in [4.69, 9.17) is 11.3 Å². The van der Waals surface area contributed by atoms with Crippen LogP contribution in [0.15, 0.2) is 174 Å². The molecule has 0 unspecified atom stereocenters. The molecule has 218 valence electrons. The van der Waals surface area contributed by atoms with Gasteiger partial charge in [-0.2, -0.15) is 0 Å². The smallest absolute Gasteiger partial charge is 0.143 e. The summed E-state index contributed by atoms with van der Waals surface area (Å²) < 4.78 is 49.3. The van der Waals surface area contributed by atoms with Crippen molar-refractivity contribution in [3.05, 3.63) is 170 Å². The number of benzene rings is 9. The molecule has 0 spiro atoms. The highest BCUT2D eigenvalue weighted by atomic mass is 16.3. The molecule has 0 aliphatic carbocycles. The van der Waals surface area contributed by atoms with Gasteiger partial charge in [-0.3, -0.25) is 0 Å². The third kappa shape index (κ3) is 3.97. The molecule has 0 aliphatic rings. The van der Waals surface area contributed by atoms with Crippen molar-refractivity contribution in [3.63, 3.8) is 0 Å². The summed E-state index contributed by atoms with van der Waals surface area (Å²) in [7, 11) is 0. The lowest BCUT2D eigenvalue weighted by Crippen LogP contribution is -1.92. The Hall–Kier alpha value is -6.18. The van der Waals surface area contributed by atoms with E-state index in [1.165, 1.54) is 0 Å². The van der Waals surface area contributed by atoms with Crippen LogP contribution in [0, 0.1) is 0 Å². The van der Waals surface area contributed by atoms with Crippen molar-refractivity contribution in [2.45, 2.75) is 0 Å². The van der Waals surface area contributed by atoms with Crippen LogP contribution in [0.4, 0.5) is 0 Å². The Morgan fingerprint density at radius 3 is 1.68 bits per heavy atom. The Kier molecular flexibility index (Phi) is 4.66. The molecule has 0 fully saturated rings. The maximum atomic E-state index is 8.87. The van der Waals surface area contributed by atoms with Crippen molar-refractivity contribution in [2.24, 2.45) is 0 Å². The molecule has 0 saturated carbocycles. The molecule has 1 aromatic heterocycles. The number of hydrogen-bond donors (Lipinski definition) is 0. The summed E-state index contributed by atoms with van der Waals surface area (Å²) in [5, 5.41) is 10.4. The van der Waals surface area contributed by atoms with Gasteiger partial charge >= 0.3 is 0 Å². The molecule has 10 rings (SSSR count). The summed E-state index contributed by atoms with van der Waals surface area (Å²) in [6.07, 6.45) is 0. The van der Waals surface area contributed by atoms with Gasteiger partial charge in [-0.25, -0.2) is 0 Å². The van der Waals surface area contributed by atoms with Gasteiger partial charge in [0.1, 0.15) is 11.2 Å². The highest BCUT2D eigenvalue weighted by molar-refractivity contribution is 6.23. The molecule has 10 aromatic rings. The van der Waals surface area contributed by atoms with Gasteiger partial charge in [0.2, 0.25) is 0 Å². The Morgan fingerprint density at radius 1 is 0.383 bits per heavy atom. The van der Waals surface area contributed by atoms with Crippen molar-refractivity contribution >= 4 is 65.0 Å². The minimum atomic E-state index is -0.401. The molecular formula is C46H28O. The van der Waals surface area contributed by atoms with E-state index < -0.39 is 6.04 Å². The third-order valence-electron chi connectivity index (χ3n) is 9.50. The van der Waals surface area contributed by atoms with Crippen LogP contribution in [-0.2, 0) is 0 Å². The first-order valence-corrected chi connectivity index (χ1v) is 15.8. The molecule has 9 aromatic carbocycles. The fourth-order valence-corrected chi connectivity index (χ4v) is 7.46. The van der Waals surface area contributed by atoms with Crippen LogP contribution in [0.5, 0.6) is 0 Å².